The average Bonchev–Trinajstić information content (AvgIpc) is 2.56. The summed E-state index contributed by atoms with van der Waals surface area (Å²) in [6, 6.07) is 0. The summed E-state index contributed by atoms with van der Waals surface area (Å²) in [4.78, 5) is 11.7. The predicted octanol–water partition coefficient (Wildman–Crippen LogP) is 0.871. The second kappa shape index (κ2) is 5.87. The highest BCUT2D eigenvalue weighted by Gasteiger charge is 2.28. The molecule has 7 nitrogen and oxygen atoms in total. The minimum absolute atomic E-state index is 0.0322. The number of carbonyl (C=O) groups excluding carboxylic acids is 1. The average molecular weight is 388 g/mol. The summed E-state index contributed by atoms with van der Waals surface area (Å²) < 4.78 is 33.9. The molecule has 0 bridgehead atoms. The topological polar surface area (TPSA) is 87.5 Å². The van der Waals surface area contributed by atoms with E-state index in [1.165, 1.54) is 0 Å². The summed E-state index contributed by atoms with van der Waals surface area (Å²) >= 11 is 1.72. The molecule has 0 aliphatic rings. The second-order valence-electron chi connectivity index (χ2n) is 3.23. The number of carbonyl (C=O) groups is 1. The molecule has 0 aliphatic heterocycles. The monoisotopic (exact) mass is 388 g/mol. The van der Waals surface area contributed by atoms with E-state index in [4.69, 9.17) is 9.47 Å². The molecule has 18 heavy (non-hydrogen) atoms. The molecule has 1 rings (SSSR count). The second-order valence-corrected chi connectivity index (χ2v) is 6.06. The lowest BCUT2D eigenvalue weighted by atomic mass is 10.3. The number of esters is 1. The van der Waals surface area contributed by atoms with E-state index in [1.807, 2.05) is 0 Å². The maximum absolute atomic E-state index is 11.7. The van der Waals surface area contributed by atoms with Crippen LogP contribution < -0.4 is 4.74 Å². The van der Waals surface area contributed by atoms with Crippen molar-refractivity contribution in [1.29, 1.82) is 0 Å². The molecular formula is C9H13IN2O5S. The van der Waals surface area contributed by atoms with Crippen LogP contribution in [0.5, 0.6) is 5.88 Å². The van der Waals surface area contributed by atoms with Gasteiger partial charge in [0, 0.05) is 0 Å². The van der Waals surface area contributed by atoms with E-state index in [0.29, 0.717) is 0 Å². The standard InChI is InChI=1S/C9H13IN2O5S/c1-4-16-8-6(9(13)17-5-2)7(10)12(11-8)18(3,14)15/h4-5H2,1-3H3. The van der Waals surface area contributed by atoms with Gasteiger partial charge in [0.15, 0.2) is 5.56 Å². The maximum Gasteiger partial charge on any atom is 0.346 e. The molecule has 0 atom stereocenters. The Morgan fingerprint density at radius 1 is 1.39 bits per heavy atom. The van der Waals surface area contributed by atoms with Crippen LogP contribution in [-0.2, 0) is 14.8 Å². The summed E-state index contributed by atoms with van der Waals surface area (Å²) in [6.45, 7) is 3.82. The van der Waals surface area contributed by atoms with Gasteiger partial charge in [-0.25, -0.2) is 13.2 Å². The third kappa shape index (κ3) is 3.13. The molecule has 102 valence electrons. The van der Waals surface area contributed by atoms with E-state index in [2.05, 4.69) is 5.10 Å². The molecule has 9 heteroatoms. The zero-order chi connectivity index (χ0) is 13.9. The number of nitrogens with zero attached hydrogens (tertiary/aromatic N) is 2. The molecule has 0 unspecified atom stereocenters. The van der Waals surface area contributed by atoms with E-state index in [0.717, 1.165) is 10.3 Å². The van der Waals surface area contributed by atoms with Crippen LogP contribution in [0.25, 0.3) is 0 Å². The Kier molecular flexibility index (Phi) is 4.96. The van der Waals surface area contributed by atoms with Crippen molar-refractivity contribution >= 4 is 38.6 Å². The van der Waals surface area contributed by atoms with Gasteiger partial charge >= 0.3 is 5.97 Å². The number of rotatable bonds is 5. The minimum atomic E-state index is -3.59. The molecule has 0 fully saturated rings. The minimum Gasteiger partial charge on any atom is -0.476 e. The van der Waals surface area contributed by atoms with Crippen LogP contribution in [0.15, 0.2) is 0 Å². The number of hydrogen-bond acceptors (Lipinski definition) is 6. The third-order valence-corrected chi connectivity index (χ3v) is 4.06. The Morgan fingerprint density at radius 3 is 2.44 bits per heavy atom. The van der Waals surface area contributed by atoms with E-state index in [9.17, 15) is 13.2 Å². The zero-order valence-electron chi connectivity index (χ0n) is 10.1. The Morgan fingerprint density at radius 2 is 2.00 bits per heavy atom. The largest absolute Gasteiger partial charge is 0.476 e. The molecular weight excluding hydrogens is 375 g/mol. The van der Waals surface area contributed by atoms with Crippen molar-refractivity contribution in [3.05, 3.63) is 9.26 Å². The Labute approximate surface area is 119 Å². The summed E-state index contributed by atoms with van der Waals surface area (Å²) in [6.07, 6.45) is 0.993. The first-order chi connectivity index (χ1) is 8.32. The predicted molar refractivity (Wildman–Crippen MR) is 72.3 cm³/mol. The quantitative estimate of drug-likeness (QED) is 0.550. The Hall–Kier alpha value is -0.840. The summed E-state index contributed by atoms with van der Waals surface area (Å²) in [7, 11) is -3.59. The lowest BCUT2D eigenvalue weighted by Crippen LogP contribution is -2.14. The smallest absolute Gasteiger partial charge is 0.346 e. The highest BCUT2D eigenvalue weighted by molar-refractivity contribution is 14.1. The van der Waals surface area contributed by atoms with Gasteiger partial charge in [-0.3, -0.25) is 0 Å². The van der Waals surface area contributed by atoms with Crippen LogP contribution in [0, 0.1) is 3.70 Å². The van der Waals surface area contributed by atoms with Gasteiger partial charge in [-0.1, -0.05) is 0 Å². The van der Waals surface area contributed by atoms with Gasteiger partial charge in [-0.05, 0) is 36.4 Å². The van der Waals surface area contributed by atoms with Crippen molar-refractivity contribution < 1.29 is 22.7 Å². The fraction of sp³-hybridized carbons (Fsp3) is 0.556. The normalized spacial score (nSPS) is 11.3. The molecule has 0 saturated carbocycles. The highest BCUT2D eigenvalue weighted by atomic mass is 127. The Balaban J connectivity index is 3.38. The van der Waals surface area contributed by atoms with Gasteiger partial charge in [0.05, 0.1) is 19.5 Å². The summed E-state index contributed by atoms with van der Waals surface area (Å²) in [5.41, 5.74) is 0.0322. The van der Waals surface area contributed by atoms with Gasteiger partial charge in [-0.2, -0.15) is 0 Å². The number of halogens is 1. The molecule has 0 saturated heterocycles. The van der Waals surface area contributed by atoms with Gasteiger partial charge < -0.3 is 9.47 Å². The number of aromatic nitrogens is 2. The molecule has 0 aliphatic carbocycles. The Bertz CT molecular complexity index is 552. The van der Waals surface area contributed by atoms with Crippen LogP contribution in [0.4, 0.5) is 0 Å². The molecule has 1 heterocycles. The van der Waals surface area contributed by atoms with Crippen molar-refractivity contribution in [2.75, 3.05) is 19.5 Å². The molecule has 0 amide bonds. The third-order valence-electron chi connectivity index (χ3n) is 1.84. The van der Waals surface area contributed by atoms with Crippen LogP contribution >= 0.6 is 22.6 Å². The van der Waals surface area contributed by atoms with E-state index >= 15 is 0 Å². The van der Waals surface area contributed by atoms with E-state index in [-0.39, 0.29) is 28.4 Å². The van der Waals surface area contributed by atoms with Gasteiger partial charge in [0.1, 0.15) is 3.70 Å². The SMILES string of the molecule is CCOC(=O)c1c(OCC)nn(S(C)(=O)=O)c1I. The van der Waals surface area contributed by atoms with Crippen LogP contribution in [0.3, 0.4) is 0 Å². The van der Waals surface area contributed by atoms with Crippen molar-refractivity contribution in [3.63, 3.8) is 0 Å². The number of hydrogen-bond donors (Lipinski definition) is 0. The fourth-order valence-electron chi connectivity index (χ4n) is 1.19. The summed E-state index contributed by atoms with van der Waals surface area (Å²) in [5.74, 6) is -0.689. The first kappa shape index (κ1) is 15.2. The maximum atomic E-state index is 11.7. The molecule has 1 aromatic rings. The first-order valence-electron chi connectivity index (χ1n) is 5.11. The van der Waals surface area contributed by atoms with Crippen molar-refractivity contribution in [2.24, 2.45) is 0 Å². The molecule has 0 spiro atoms. The van der Waals surface area contributed by atoms with Gasteiger partial charge in [-0.15, -0.1) is 9.19 Å². The summed E-state index contributed by atoms with van der Waals surface area (Å²) in [5, 5.41) is 3.77. The molecule has 0 radical (unpaired) electrons. The van der Waals surface area contributed by atoms with Crippen molar-refractivity contribution in [3.8, 4) is 5.88 Å². The highest BCUT2D eigenvalue weighted by Crippen LogP contribution is 2.25. The molecule has 0 N–H and O–H groups in total. The van der Waals surface area contributed by atoms with E-state index < -0.39 is 16.0 Å². The van der Waals surface area contributed by atoms with Crippen molar-refractivity contribution in [2.45, 2.75) is 13.8 Å². The molecule has 1 aromatic heterocycles. The van der Waals surface area contributed by atoms with E-state index in [1.54, 1.807) is 36.4 Å². The van der Waals surface area contributed by atoms with Gasteiger partial charge in [0.2, 0.25) is 5.88 Å². The molecule has 0 aromatic carbocycles. The lowest BCUT2D eigenvalue weighted by molar-refractivity contribution is 0.0520. The lowest BCUT2D eigenvalue weighted by Gasteiger charge is -2.02. The fourth-order valence-corrected chi connectivity index (χ4v) is 3.43. The first-order valence-corrected chi connectivity index (χ1v) is 8.04. The van der Waals surface area contributed by atoms with Gasteiger partial charge in [0.25, 0.3) is 10.0 Å². The van der Waals surface area contributed by atoms with Crippen LogP contribution in [-0.4, -0.2) is 43.0 Å². The van der Waals surface area contributed by atoms with Crippen LogP contribution in [0.2, 0.25) is 0 Å². The van der Waals surface area contributed by atoms with Crippen LogP contribution in [0.1, 0.15) is 24.2 Å². The van der Waals surface area contributed by atoms with Crippen molar-refractivity contribution in [1.82, 2.24) is 9.19 Å². The zero-order valence-corrected chi connectivity index (χ0v) is 13.1. The number of ether oxygens (including phenoxy) is 2.